The zero-order valence-corrected chi connectivity index (χ0v) is 4.91. The average molecular weight is 121 g/mol. The van der Waals surface area contributed by atoms with Crippen LogP contribution in [0.15, 0.2) is 18.8 Å². The van der Waals surface area contributed by atoms with Crippen molar-refractivity contribution < 1.29 is 0 Å². The minimum Gasteiger partial charge on any atom is -0.382 e. The SMILES string of the molecule is C=Cc1ccnnc1N. The quantitative estimate of drug-likeness (QED) is 0.595. The van der Waals surface area contributed by atoms with E-state index in [2.05, 4.69) is 16.8 Å². The number of anilines is 1. The topological polar surface area (TPSA) is 51.8 Å². The van der Waals surface area contributed by atoms with Crippen LogP contribution in [-0.2, 0) is 0 Å². The molecule has 0 aliphatic heterocycles. The Morgan fingerprint density at radius 3 is 2.89 bits per heavy atom. The largest absolute Gasteiger partial charge is 0.382 e. The van der Waals surface area contributed by atoms with Crippen molar-refractivity contribution in [3.05, 3.63) is 24.4 Å². The summed E-state index contributed by atoms with van der Waals surface area (Å²) in [5.41, 5.74) is 6.21. The highest BCUT2D eigenvalue weighted by atomic mass is 15.1. The third-order valence-corrected chi connectivity index (χ3v) is 1.00. The first-order valence-electron chi connectivity index (χ1n) is 2.54. The van der Waals surface area contributed by atoms with E-state index >= 15 is 0 Å². The van der Waals surface area contributed by atoms with E-state index in [0.29, 0.717) is 5.82 Å². The first-order chi connectivity index (χ1) is 4.34. The van der Waals surface area contributed by atoms with E-state index < -0.39 is 0 Å². The van der Waals surface area contributed by atoms with Gasteiger partial charge in [-0.25, -0.2) is 0 Å². The normalized spacial score (nSPS) is 8.89. The number of nitrogens with two attached hydrogens (primary N) is 1. The number of aromatic nitrogens is 2. The second-order valence-corrected chi connectivity index (χ2v) is 1.58. The summed E-state index contributed by atoms with van der Waals surface area (Å²) in [6.45, 7) is 3.54. The van der Waals surface area contributed by atoms with Gasteiger partial charge in [0.15, 0.2) is 5.82 Å². The lowest BCUT2D eigenvalue weighted by Crippen LogP contribution is -1.94. The zero-order valence-electron chi connectivity index (χ0n) is 4.91. The summed E-state index contributed by atoms with van der Waals surface area (Å²) in [5.74, 6) is 0.424. The molecule has 1 heterocycles. The van der Waals surface area contributed by atoms with Gasteiger partial charge in [-0.2, -0.15) is 5.10 Å². The fourth-order valence-electron chi connectivity index (χ4n) is 0.525. The Labute approximate surface area is 53.2 Å². The molecule has 46 valence electrons. The Morgan fingerprint density at radius 1 is 1.67 bits per heavy atom. The highest BCUT2D eigenvalue weighted by Gasteiger charge is 1.90. The molecule has 0 aliphatic carbocycles. The lowest BCUT2D eigenvalue weighted by Gasteiger charge is -1.92. The molecular formula is C6H7N3. The molecule has 0 saturated heterocycles. The maximum absolute atomic E-state index is 5.39. The molecule has 9 heavy (non-hydrogen) atoms. The molecule has 3 heteroatoms. The molecule has 1 aromatic rings. The van der Waals surface area contributed by atoms with Gasteiger partial charge in [0.1, 0.15) is 0 Å². The number of hydrogen-bond donors (Lipinski definition) is 1. The van der Waals surface area contributed by atoms with Crippen LogP contribution in [-0.4, -0.2) is 10.2 Å². The number of nitrogen functional groups attached to an aromatic ring is 1. The van der Waals surface area contributed by atoms with Crippen molar-refractivity contribution >= 4 is 11.9 Å². The molecule has 0 bridgehead atoms. The first kappa shape index (κ1) is 5.75. The first-order valence-corrected chi connectivity index (χ1v) is 2.54. The summed E-state index contributed by atoms with van der Waals surface area (Å²) in [6, 6.07) is 1.76. The highest BCUT2D eigenvalue weighted by molar-refractivity contribution is 5.58. The fourth-order valence-corrected chi connectivity index (χ4v) is 0.525. The van der Waals surface area contributed by atoms with Crippen molar-refractivity contribution in [2.24, 2.45) is 0 Å². The van der Waals surface area contributed by atoms with Gasteiger partial charge in [0, 0.05) is 5.56 Å². The second kappa shape index (κ2) is 2.26. The van der Waals surface area contributed by atoms with Crippen LogP contribution >= 0.6 is 0 Å². The molecule has 0 atom stereocenters. The third-order valence-electron chi connectivity index (χ3n) is 1.00. The van der Waals surface area contributed by atoms with Crippen LogP contribution in [0.5, 0.6) is 0 Å². The van der Waals surface area contributed by atoms with E-state index in [9.17, 15) is 0 Å². The maximum atomic E-state index is 5.39. The van der Waals surface area contributed by atoms with Gasteiger partial charge in [0.25, 0.3) is 0 Å². The van der Waals surface area contributed by atoms with Crippen molar-refractivity contribution in [1.82, 2.24) is 10.2 Å². The highest BCUT2D eigenvalue weighted by Crippen LogP contribution is 2.04. The van der Waals surface area contributed by atoms with Gasteiger partial charge < -0.3 is 5.73 Å². The van der Waals surface area contributed by atoms with Gasteiger partial charge in [-0.1, -0.05) is 12.7 Å². The molecule has 1 aromatic heterocycles. The van der Waals surface area contributed by atoms with Crippen molar-refractivity contribution in [3.8, 4) is 0 Å². The Hall–Kier alpha value is -1.38. The summed E-state index contributed by atoms with van der Waals surface area (Å²) in [5, 5.41) is 7.18. The average Bonchev–Trinajstić information content (AvgIpc) is 1.89. The Bertz CT molecular complexity index is 219. The molecule has 1 rings (SSSR count). The van der Waals surface area contributed by atoms with E-state index in [1.807, 2.05) is 0 Å². The predicted octanol–water partition coefficient (Wildman–Crippen LogP) is 0.702. The molecule has 0 radical (unpaired) electrons. The molecule has 0 saturated carbocycles. The van der Waals surface area contributed by atoms with E-state index in [0.717, 1.165) is 5.56 Å². The summed E-state index contributed by atoms with van der Waals surface area (Å²) in [6.07, 6.45) is 3.22. The van der Waals surface area contributed by atoms with Crippen LogP contribution < -0.4 is 5.73 Å². The van der Waals surface area contributed by atoms with E-state index in [-0.39, 0.29) is 0 Å². The second-order valence-electron chi connectivity index (χ2n) is 1.58. The van der Waals surface area contributed by atoms with Crippen LogP contribution in [0.3, 0.4) is 0 Å². The van der Waals surface area contributed by atoms with Crippen molar-refractivity contribution in [1.29, 1.82) is 0 Å². The minimum absolute atomic E-state index is 0.424. The van der Waals surface area contributed by atoms with Crippen molar-refractivity contribution in [2.45, 2.75) is 0 Å². The van der Waals surface area contributed by atoms with Gasteiger partial charge in [-0.05, 0) is 6.07 Å². The van der Waals surface area contributed by atoms with Gasteiger partial charge in [0.05, 0.1) is 6.20 Å². The molecule has 3 nitrogen and oxygen atoms in total. The molecule has 0 fully saturated rings. The summed E-state index contributed by atoms with van der Waals surface area (Å²) in [4.78, 5) is 0. The van der Waals surface area contributed by atoms with Gasteiger partial charge >= 0.3 is 0 Å². The summed E-state index contributed by atoms with van der Waals surface area (Å²) >= 11 is 0. The molecule has 0 aliphatic rings. The van der Waals surface area contributed by atoms with Crippen LogP contribution in [0.1, 0.15) is 5.56 Å². The monoisotopic (exact) mass is 121 g/mol. The molecule has 2 N–H and O–H groups in total. The standard InChI is InChI=1S/C6H7N3/c1-2-5-3-4-8-9-6(5)7/h2-4H,1H2,(H2,7,9). The molecule has 0 unspecified atom stereocenters. The van der Waals surface area contributed by atoms with Crippen LogP contribution in [0, 0.1) is 0 Å². The predicted molar refractivity (Wildman–Crippen MR) is 36.5 cm³/mol. The molecular weight excluding hydrogens is 114 g/mol. The fraction of sp³-hybridized carbons (Fsp3) is 0. The Kier molecular flexibility index (Phi) is 1.44. The molecule has 0 spiro atoms. The number of nitrogens with zero attached hydrogens (tertiary/aromatic N) is 2. The Morgan fingerprint density at radius 2 is 2.44 bits per heavy atom. The Balaban J connectivity index is 3.15. The van der Waals surface area contributed by atoms with Gasteiger partial charge in [0.2, 0.25) is 0 Å². The smallest absolute Gasteiger partial charge is 0.153 e. The van der Waals surface area contributed by atoms with E-state index in [1.54, 1.807) is 18.3 Å². The number of rotatable bonds is 1. The summed E-state index contributed by atoms with van der Waals surface area (Å²) < 4.78 is 0. The van der Waals surface area contributed by atoms with Crippen molar-refractivity contribution in [2.75, 3.05) is 5.73 Å². The molecule has 0 aromatic carbocycles. The van der Waals surface area contributed by atoms with Crippen LogP contribution in [0.2, 0.25) is 0 Å². The zero-order chi connectivity index (χ0) is 6.69. The van der Waals surface area contributed by atoms with Gasteiger partial charge in [-0.15, -0.1) is 5.10 Å². The maximum Gasteiger partial charge on any atom is 0.153 e. The number of hydrogen-bond acceptors (Lipinski definition) is 3. The lowest BCUT2D eigenvalue weighted by molar-refractivity contribution is 1.04. The lowest BCUT2D eigenvalue weighted by atomic mass is 10.3. The van der Waals surface area contributed by atoms with Gasteiger partial charge in [-0.3, -0.25) is 0 Å². The van der Waals surface area contributed by atoms with E-state index in [1.165, 1.54) is 0 Å². The molecule has 0 amide bonds. The van der Waals surface area contributed by atoms with Crippen molar-refractivity contribution in [3.63, 3.8) is 0 Å². The summed E-state index contributed by atoms with van der Waals surface area (Å²) in [7, 11) is 0. The van der Waals surface area contributed by atoms with E-state index in [4.69, 9.17) is 5.73 Å². The minimum atomic E-state index is 0.424. The third kappa shape index (κ3) is 1.05. The van der Waals surface area contributed by atoms with Crippen LogP contribution in [0.4, 0.5) is 5.82 Å². The van der Waals surface area contributed by atoms with Crippen LogP contribution in [0.25, 0.3) is 6.08 Å².